The van der Waals surface area contributed by atoms with E-state index >= 15 is 0 Å². The molecular weight excluding hydrogens is 591 g/mol. The lowest BCUT2D eigenvalue weighted by molar-refractivity contribution is -0.137. The summed E-state index contributed by atoms with van der Waals surface area (Å²) in [7, 11) is 0. The zero-order chi connectivity index (χ0) is 30.3. The Balaban J connectivity index is 0.000000434. The van der Waals surface area contributed by atoms with E-state index in [0.717, 1.165) is 12.1 Å². The molecule has 5 N–H and O–H groups in total. The molecule has 0 bridgehead atoms. The number of nitrogens with two attached hydrogens (primary N) is 1. The molecule has 0 fully saturated rings. The minimum atomic E-state index is -4.59. The third-order valence-corrected chi connectivity index (χ3v) is 5.05. The minimum Gasteiger partial charge on any atom is -0.444 e. The van der Waals surface area contributed by atoms with E-state index in [9.17, 15) is 31.9 Å². The fourth-order valence-electron chi connectivity index (χ4n) is 2.51. The fourth-order valence-corrected chi connectivity index (χ4v) is 3.23. The van der Waals surface area contributed by atoms with Gasteiger partial charge in [0.2, 0.25) is 11.8 Å². The molecule has 2 aromatic carbocycles. The van der Waals surface area contributed by atoms with Crippen molar-refractivity contribution in [3.05, 3.63) is 56.8 Å². The molecule has 0 aliphatic rings. The molecule has 3 amide bonds. The molecule has 0 unspecified atom stereocenters. The second kappa shape index (κ2) is 14.0. The van der Waals surface area contributed by atoms with Crippen LogP contribution in [-0.4, -0.2) is 35.6 Å². The first-order valence-corrected chi connectivity index (χ1v) is 12.2. The van der Waals surface area contributed by atoms with Crippen LogP contribution in [0.1, 0.15) is 40.2 Å². The second-order valence-corrected chi connectivity index (χ2v) is 10.4. The Labute approximate surface area is 237 Å². The number of ether oxygens (including phenoxy) is 1. The number of hydrogen-bond acceptors (Lipinski definition) is 5. The molecule has 39 heavy (non-hydrogen) atoms. The lowest BCUT2D eigenvalue weighted by atomic mass is 10.2. The molecule has 216 valence electrons. The first-order valence-electron chi connectivity index (χ1n) is 11.1. The average Bonchev–Trinajstić information content (AvgIpc) is 2.75. The van der Waals surface area contributed by atoms with Crippen molar-refractivity contribution in [1.82, 2.24) is 5.32 Å². The first kappa shape index (κ1) is 34.2. The highest BCUT2D eigenvalue weighted by atomic mass is 35.5. The van der Waals surface area contributed by atoms with Gasteiger partial charge in [-0.1, -0.05) is 34.8 Å². The van der Waals surface area contributed by atoms with E-state index in [1.807, 2.05) is 0 Å². The number of anilines is 2. The van der Waals surface area contributed by atoms with Crippen molar-refractivity contribution in [1.29, 1.82) is 0 Å². The van der Waals surface area contributed by atoms with Crippen LogP contribution in [0, 0.1) is 5.82 Å². The smallest absolute Gasteiger partial charge is 0.416 e. The Hall–Kier alpha value is -2.80. The maximum atomic E-state index is 13.0. The average molecular weight is 618 g/mol. The number of amides is 3. The van der Waals surface area contributed by atoms with Gasteiger partial charge in [0.1, 0.15) is 11.6 Å². The van der Waals surface area contributed by atoms with Gasteiger partial charge in [0.25, 0.3) is 0 Å². The Morgan fingerprint density at radius 2 is 1.36 bits per heavy atom. The number of hydrogen-bond donors (Lipinski definition) is 4. The van der Waals surface area contributed by atoms with E-state index in [1.165, 1.54) is 32.0 Å². The van der Waals surface area contributed by atoms with Gasteiger partial charge in [-0.2, -0.15) is 13.2 Å². The lowest BCUT2D eigenvalue weighted by Gasteiger charge is -2.21. The number of halogens is 7. The number of carbonyl (C=O) groups excluding carboxylic acids is 3. The molecule has 0 spiro atoms. The van der Waals surface area contributed by atoms with E-state index in [-0.39, 0.29) is 20.8 Å². The van der Waals surface area contributed by atoms with Crippen LogP contribution in [0.3, 0.4) is 0 Å². The van der Waals surface area contributed by atoms with Crippen LogP contribution < -0.4 is 21.7 Å². The predicted octanol–water partition coefficient (Wildman–Crippen LogP) is 6.63. The number of nitrogens with one attached hydrogen (secondary N) is 3. The molecule has 2 aromatic rings. The number of benzene rings is 2. The summed E-state index contributed by atoms with van der Waals surface area (Å²) in [5.41, 5.74) is 3.79. The third-order valence-electron chi connectivity index (χ3n) is 4.28. The van der Waals surface area contributed by atoms with E-state index in [1.54, 1.807) is 20.8 Å². The van der Waals surface area contributed by atoms with Crippen molar-refractivity contribution in [2.24, 2.45) is 5.73 Å². The maximum Gasteiger partial charge on any atom is 0.416 e. The van der Waals surface area contributed by atoms with E-state index < -0.39 is 53.1 Å². The monoisotopic (exact) mass is 616 g/mol. The van der Waals surface area contributed by atoms with Crippen molar-refractivity contribution in [3.63, 3.8) is 0 Å². The summed E-state index contributed by atoms with van der Waals surface area (Å²) in [5, 5.41) is 6.53. The van der Waals surface area contributed by atoms with Crippen LogP contribution in [-0.2, 0) is 20.5 Å². The van der Waals surface area contributed by atoms with Gasteiger partial charge in [0.15, 0.2) is 5.82 Å². The second-order valence-electron chi connectivity index (χ2n) is 9.12. The van der Waals surface area contributed by atoms with Crippen LogP contribution in [0.5, 0.6) is 0 Å². The van der Waals surface area contributed by atoms with Crippen molar-refractivity contribution in [3.8, 4) is 0 Å². The molecular formula is C24H27Cl3F4N4O4. The van der Waals surface area contributed by atoms with E-state index in [0.29, 0.717) is 5.69 Å². The molecule has 8 nitrogen and oxygen atoms in total. The Kier molecular flexibility index (Phi) is 12.3. The predicted molar refractivity (Wildman–Crippen MR) is 143 cm³/mol. The fraction of sp³-hybridized carbons (Fsp3) is 0.375. The lowest BCUT2D eigenvalue weighted by Crippen LogP contribution is -2.44. The summed E-state index contributed by atoms with van der Waals surface area (Å²) in [6.45, 7) is 7.86. The van der Waals surface area contributed by atoms with Crippen LogP contribution in [0.15, 0.2) is 30.3 Å². The molecule has 0 saturated carbocycles. The van der Waals surface area contributed by atoms with Gasteiger partial charge < -0.3 is 26.4 Å². The van der Waals surface area contributed by atoms with Crippen LogP contribution in [0.2, 0.25) is 15.1 Å². The third kappa shape index (κ3) is 12.3. The molecule has 0 radical (unpaired) electrons. The van der Waals surface area contributed by atoms with E-state index in [4.69, 9.17) is 45.3 Å². The topological polar surface area (TPSA) is 123 Å². The SMILES string of the molecule is C[C@@H](N)C(=O)Nc1cc(Cl)c(F)c(Cl)c1.C[C@@H](NC(=O)OC(C)(C)C)C(=O)Nc1cc(Cl)cc(C(F)(F)F)c1. The summed E-state index contributed by atoms with van der Waals surface area (Å²) < 4.78 is 56.2. The Morgan fingerprint density at radius 3 is 1.82 bits per heavy atom. The van der Waals surface area contributed by atoms with Crippen LogP contribution in [0.4, 0.5) is 33.7 Å². The quantitative estimate of drug-likeness (QED) is 0.222. The van der Waals surface area contributed by atoms with Gasteiger partial charge in [0.05, 0.1) is 21.7 Å². The Bertz CT molecular complexity index is 1180. The molecule has 2 atom stereocenters. The standard InChI is InChI=1S/C15H18ClF3N2O3.C9H9Cl2FN2O/c1-8(20-13(23)24-14(2,3)4)12(22)21-11-6-9(15(17,18)19)5-10(16)7-11;1-4(13)9(15)14-5-2-6(10)8(12)7(11)3-5/h5-8H,1-4H3,(H,20,23)(H,21,22);2-4H,13H2,1H3,(H,14,15)/t8-;4-/m11/s1. The minimum absolute atomic E-state index is 0.127. The Morgan fingerprint density at radius 1 is 0.872 bits per heavy atom. The summed E-state index contributed by atoms with van der Waals surface area (Å²) in [6, 6.07) is 3.53. The van der Waals surface area contributed by atoms with Gasteiger partial charge in [0, 0.05) is 16.4 Å². The number of rotatable bonds is 5. The van der Waals surface area contributed by atoms with Gasteiger partial charge in [-0.05, 0) is 65.0 Å². The van der Waals surface area contributed by atoms with Crippen molar-refractivity contribution in [2.75, 3.05) is 10.6 Å². The summed E-state index contributed by atoms with van der Waals surface area (Å²) in [4.78, 5) is 34.8. The van der Waals surface area contributed by atoms with E-state index in [2.05, 4.69) is 16.0 Å². The molecule has 15 heteroatoms. The van der Waals surface area contributed by atoms with Gasteiger partial charge in [-0.15, -0.1) is 0 Å². The molecule has 0 aliphatic carbocycles. The van der Waals surface area contributed by atoms with Crippen molar-refractivity contribution in [2.45, 2.75) is 58.5 Å². The molecule has 0 saturated heterocycles. The normalized spacial score (nSPS) is 12.8. The van der Waals surface area contributed by atoms with Gasteiger partial charge in [-0.3, -0.25) is 9.59 Å². The highest BCUT2D eigenvalue weighted by molar-refractivity contribution is 6.35. The molecule has 2 rings (SSSR count). The summed E-state index contributed by atoms with van der Waals surface area (Å²) in [5.74, 6) is -1.82. The molecule has 0 aliphatic heterocycles. The zero-order valence-corrected chi connectivity index (χ0v) is 23.7. The van der Waals surface area contributed by atoms with Crippen molar-refractivity contribution >= 4 is 64.1 Å². The largest absolute Gasteiger partial charge is 0.444 e. The van der Waals surface area contributed by atoms with Crippen LogP contribution in [0.25, 0.3) is 0 Å². The highest BCUT2D eigenvalue weighted by Gasteiger charge is 2.31. The highest BCUT2D eigenvalue weighted by Crippen LogP contribution is 2.33. The molecule has 0 heterocycles. The van der Waals surface area contributed by atoms with Gasteiger partial charge >= 0.3 is 12.3 Å². The number of carbonyl (C=O) groups is 3. The zero-order valence-electron chi connectivity index (χ0n) is 21.4. The molecule has 0 aromatic heterocycles. The van der Waals surface area contributed by atoms with Crippen LogP contribution >= 0.6 is 34.8 Å². The maximum absolute atomic E-state index is 13.0. The van der Waals surface area contributed by atoms with Gasteiger partial charge in [-0.25, -0.2) is 9.18 Å². The summed E-state index contributed by atoms with van der Waals surface area (Å²) >= 11 is 16.7. The number of alkyl carbamates (subject to hydrolysis) is 1. The summed E-state index contributed by atoms with van der Waals surface area (Å²) in [6.07, 6.45) is -5.41. The number of alkyl halides is 3. The van der Waals surface area contributed by atoms with Crippen molar-refractivity contribution < 1.29 is 36.7 Å². The first-order chi connectivity index (χ1) is 17.7.